The average Bonchev–Trinajstić information content (AvgIpc) is 2.75. The first-order valence-electron chi connectivity index (χ1n) is 6.38. The van der Waals surface area contributed by atoms with Crippen LogP contribution in [0, 0.1) is 6.54 Å². The van der Waals surface area contributed by atoms with Gasteiger partial charge in [-0.15, -0.1) is 0 Å². The molecule has 3 rings (SSSR count). The molecule has 1 aromatic rings. The van der Waals surface area contributed by atoms with Crippen molar-refractivity contribution in [3.05, 3.63) is 41.9 Å². The molecule has 0 amide bonds. The number of fused-ring (bicyclic) bond motifs is 1. The largest absolute Gasteiger partial charge is 0.392 e. The number of hydrogen-bond acceptors (Lipinski definition) is 3. The van der Waals surface area contributed by atoms with E-state index in [-0.39, 0.29) is 6.10 Å². The molecule has 1 unspecified atom stereocenters. The Hall–Kier alpha value is -0.900. The molecular formula is C14H19N2O. The molecule has 0 aromatic heterocycles. The first-order valence-corrected chi connectivity index (χ1v) is 6.38. The normalized spacial score (nSPS) is 26.1. The first-order chi connectivity index (χ1) is 8.31. The number of nitrogens with zero attached hydrogens (tertiary/aromatic N) is 2. The minimum Gasteiger partial charge on any atom is -0.392 e. The maximum absolute atomic E-state index is 9.52. The fourth-order valence-electron chi connectivity index (χ4n) is 2.72. The lowest BCUT2D eigenvalue weighted by Gasteiger charge is -2.31. The molecule has 3 nitrogen and oxygen atoms in total. The molecule has 2 heterocycles. The highest BCUT2D eigenvalue weighted by Gasteiger charge is 2.23. The second-order valence-electron chi connectivity index (χ2n) is 5.05. The maximum atomic E-state index is 9.52. The fraction of sp³-hybridized carbons (Fsp3) is 0.500. The highest BCUT2D eigenvalue weighted by Crippen LogP contribution is 2.21. The van der Waals surface area contributed by atoms with E-state index in [2.05, 4.69) is 40.6 Å². The van der Waals surface area contributed by atoms with Crippen molar-refractivity contribution in [2.24, 2.45) is 0 Å². The molecule has 1 aromatic carbocycles. The van der Waals surface area contributed by atoms with Crippen LogP contribution in [0.2, 0.25) is 0 Å². The summed E-state index contributed by atoms with van der Waals surface area (Å²) in [6.07, 6.45) is 1.93. The van der Waals surface area contributed by atoms with Crippen LogP contribution in [0.25, 0.3) is 0 Å². The van der Waals surface area contributed by atoms with Crippen molar-refractivity contribution < 1.29 is 5.11 Å². The Morgan fingerprint density at radius 1 is 1.24 bits per heavy atom. The van der Waals surface area contributed by atoms with Gasteiger partial charge in [0.05, 0.1) is 19.3 Å². The van der Waals surface area contributed by atoms with Gasteiger partial charge in [-0.1, -0.05) is 24.3 Å². The molecule has 0 bridgehead atoms. The molecule has 1 fully saturated rings. The molecule has 17 heavy (non-hydrogen) atoms. The summed E-state index contributed by atoms with van der Waals surface area (Å²) in [7, 11) is 0. The molecule has 1 radical (unpaired) electrons. The van der Waals surface area contributed by atoms with Gasteiger partial charge in [-0.25, -0.2) is 0 Å². The Morgan fingerprint density at radius 2 is 2.12 bits per heavy atom. The summed E-state index contributed by atoms with van der Waals surface area (Å²) in [5.41, 5.74) is 2.80. The first kappa shape index (κ1) is 11.2. The van der Waals surface area contributed by atoms with Crippen molar-refractivity contribution in [1.82, 2.24) is 9.80 Å². The Balaban J connectivity index is 1.61. The van der Waals surface area contributed by atoms with Crippen molar-refractivity contribution in [2.75, 3.05) is 26.3 Å². The Bertz CT molecular complexity index is 394. The summed E-state index contributed by atoms with van der Waals surface area (Å²) in [6, 6.07) is 8.60. The van der Waals surface area contributed by atoms with Gasteiger partial charge in [0.2, 0.25) is 0 Å². The minimum atomic E-state index is -0.118. The second-order valence-corrected chi connectivity index (χ2v) is 5.05. The average molecular weight is 231 g/mol. The molecule has 0 saturated carbocycles. The van der Waals surface area contributed by atoms with Gasteiger partial charge in [0.1, 0.15) is 0 Å². The Morgan fingerprint density at radius 3 is 2.94 bits per heavy atom. The van der Waals surface area contributed by atoms with E-state index in [4.69, 9.17) is 0 Å². The number of aliphatic hydroxyl groups excluding tert-OH is 1. The van der Waals surface area contributed by atoms with Crippen LogP contribution in [0.1, 0.15) is 17.5 Å². The van der Waals surface area contributed by atoms with E-state index in [0.29, 0.717) is 0 Å². The smallest absolute Gasteiger partial charge is 0.0679 e. The third-order valence-corrected chi connectivity index (χ3v) is 3.67. The summed E-state index contributed by atoms with van der Waals surface area (Å²) < 4.78 is 0. The van der Waals surface area contributed by atoms with Crippen LogP contribution in [-0.2, 0) is 6.42 Å². The van der Waals surface area contributed by atoms with E-state index < -0.39 is 0 Å². The fourth-order valence-corrected chi connectivity index (χ4v) is 2.72. The summed E-state index contributed by atoms with van der Waals surface area (Å²) in [5, 5.41) is 9.52. The molecule has 1 N–H and O–H groups in total. The molecule has 1 atom stereocenters. The van der Waals surface area contributed by atoms with Gasteiger partial charge in [0, 0.05) is 19.6 Å². The Kier molecular flexibility index (Phi) is 3.14. The molecule has 0 aliphatic carbocycles. The SMILES string of the molecule is OC1CCN(CN2[CH]c3ccccc3CC2)C1. The molecule has 3 heteroatoms. The molecule has 2 aliphatic rings. The van der Waals surface area contributed by atoms with Crippen LogP contribution in [0.3, 0.4) is 0 Å². The molecular weight excluding hydrogens is 212 g/mol. The van der Waals surface area contributed by atoms with Crippen molar-refractivity contribution >= 4 is 0 Å². The predicted molar refractivity (Wildman–Crippen MR) is 67.3 cm³/mol. The summed E-state index contributed by atoms with van der Waals surface area (Å²) in [5.74, 6) is 0. The zero-order valence-corrected chi connectivity index (χ0v) is 10.0. The number of β-amino-alcohol motifs (C(OH)–C–C–N with tert-alkyl or cyclic N) is 1. The second kappa shape index (κ2) is 4.77. The standard InChI is InChI=1S/C14H19N2O/c17-14-6-8-16(10-14)11-15-7-5-12-3-1-2-4-13(12)9-15/h1-4,9,14,17H,5-8,10-11H2. The van der Waals surface area contributed by atoms with Crippen molar-refractivity contribution in [3.63, 3.8) is 0 Å². The topological polar surface area (TPSA) is 26.7 Å². The van der Waals surface area contributed by atoms with Gasteiger partial charge in [0.25, 0.3) is 0 Å². The van der Waals surface area contributed by atoms with Gasteiger partial charge in [-0.05, 0) is 24.0 Å². The lowest BCUT2D eigenvalue weighted by Crippen LogP contribution is -2.39. The minimum absolute atomic E-state index is 0.118. The van der Waals surface area contributed by atoms with E-state index >= 15 is 0 Å². The monoisotopic (exact) mass is 231 g/mol. The van der Waals surface area contributed by atoms with Gasteiger partial charge in [-0.3, -0.25) is 9.80 Å². The zero-order chi connectivity index (χ0) is 11.7. The van der Waals surface area contributed by atoms with Gasteiger partial charge < -0.3 is 5.11 Å². The third-order valence-electron chi connectivity index (χ3n) is 3.67. The highest BCUT2D eigenvalue weighted by molar-refractivity contribution is 5.34. The summed E-state index contributed by atoms with van der Waals surface area (Å²) in [6.45, 7) is 6.14. The van der Waals surface area contributed by atoms with Crippen molar-refractivity contribution in [2.45, 2.75) is 18.9 Å². The lowest BCUT2D eigenvalue weighted by atomic mass is 10.0. The van der Waals surface area contributed by atoms with Gasteiger partial charge in [0.15, 0.2) is 0 Å². The van der Waals surface area contributed by atoms with E-state index in [1.807, 2.05) is 0 Å². The maximum Gasteiger partial charge on any atom is 0.0679 e. The van der Waals surface area contributed by atoms with E-state index in [0.717, 1.165) is 39.1 Å². The molecule has 1 saturated heterocycles. The molecule has 0 spiro atoms. The summed E-state index contributed by atoms with van der Waals surface area (Å²) >= 11 is 0. The quantitative estimate of drug-likeness (QED) is 0.825. The van der Waals surface area contributed by atoms with Crippen molar-refractivity contribution in [3.8, 4) is 0 Å². The number of aliphatic hydroxyl groups is 1. The van der Waals surface area contributed by atoms with Gasteiger partial charge >= 0.3 is 0 Å². The van der Waals surface area contributed by atoms with Gasteiger partial charge in [-0.2, -0.15) is 0 Å². The van der Waals surface area contributed by atoms with Crippen LogP contribution < -0.4 is 0 Å². The number of hydrogen-bond donors (Lipinski definition) is 1. The van der Waals surface area contributed by atoms with Crippen LogP contribution in [0.4, 0.5) is 0 Å². The molecule has 2 aliphatic heterocycles. The van der Waals surface area contributed by atoms with E-state index in [1.165, 1.54) is 11.1 Å². The lowest BCUT2D eigenvalue weighted by molar-refractivity contribution is 0.144. The Labute approximate surface area is 103 Å². The van der Waals surface area contributed by atoms with Crippen LogP contribution in [0.15, 0.2) is 24.3 Å². The highest BCUT2D eigenvalue weighted by atomic mass is 16.3. The van der Waals surface area contributed by atoms with E-state index in [1.54, 1.807) is 0 Å². The number of likely N-dealkylation sites (tertiary alicyclic amines) is 1. The summed E-state index contributed by atoms with van der Waals surface area (Å²) in [4.78, 5) is 4.69. The van der Waals surface area contributed by atoms with E-state index in [9.17, 15) is 5.11 Å². The zero-order valence-electron chi connectivity index (χ0n) is 10.0. The number of rotatable bonds is 2. The predicted octanol–water partition coefficient (Wildman–Crippen LogP) is 1.08. The van der Waals surface area contributed by atoms with Crippen LogP contribution in [0.5, 0.6) is 0 Å². The number of benzene rings is 1. The molecule has 91 valence electrons. The van der Waals surface area contributed by atoms with Crippen molar-refractivity contribution in [1.29, 1.82) is 0 Å². The third kappa shape index (κ3) is 2.51. The van der Waals surface area contributed by atoms with Crippen LogP contribution >= 0.6 is 0 Å². The van der Waals surface area contributed by atoms with Crippen LogP contribution in [-0.4, -0.2) is 47.3 Å².